The van der Waals surface area contributed by atoms with Gasteiger partial charge in [0.1, 0.15) is 6.10 Å². The average molecular weight is 147 g/mol. The van der Waals surface area contributed by atoms with E-state index in [9.17, 15) is 4.79 Å². The first-order valence-electron chi connectivity index (χ1n) is 2.94. The molecule has 4 N–H and O–H groups in total. The largest absolute Gasteiger partial charge is 0.394 e. The van der Waals surface area contributed by atoms with Gasteiger partial charge in [0.25, 0.3) is 5.91 Å². The highest BCUT2D eigenvalue weighted by Crippen LogP contribution is 2.07. The van der Waals surface area contributed by atoms with Crippen molar-refractivity contribution >= 4 is 5.91 Å². The van der Waals surface area contributed by atoms with Gasteiger partial charge in [-0.25, -0.2) is 0 Å². The maximum atomic E-state index is 10.5. The molecule has 0 aromatic rings. The highest BCUT2D eigenvalue weighted by atomic mass is 16.3. The van der Waals surface area contributed by atoms with Gasteiger partial charge in [-0.1, -0.05) is 0 Å². The smallest absolute Gasteiger partial charge is 0.252 e. The molecule has 0 spiro atoms. The number of hydrogen-bond acceptors (Lipinski definition) is 4. The summed E-state index contributed by atoms with van der Waals surface area (Å²) in [5.41, 5.74) is 0. The molecule has 1 amide bonds. The summed E-state index contributed by atoms with van der Waals surface area (Å²) in [7, 11) is 0. The Balaban J connectivity index is 2.61. The molecule has 3 atom stereocenters. The van der Waals surface area contributed by atoms with Crippen molar-refractivity contribution in [2.24, 2.45) is 0 Å². The number of carbonyl (C=O) groups excluding carboxylic acids is 1. The molecule has 1 rings (SSSR count). The SMILES string of the molecule is O=C1N[C@H](CO)[C@@H](O)[C@@H]1O. The van der Waals surface area contributed by atoms with E-state index in [4.69, 9.17) is 15.3 Å². The average Bonchev–Trinajstić information content (AvgIpc) is 2.17. The van der Waals surface area contributed by atoms with E-state index in [-0.39, 0.29) is 6.61 Å². The normalized spacial score (nSPS) is 39.9. The summed E-state index contributed by atoms with van der Waals surface area (Å²) in [6.45, 7) is -0.357. The number of aliphatic hydroxyl groups is 3. The molecule has 5 heteroatoms. The van der Waals surface area contributed by atoms with E-state index in [2.05, 4.69) is 5.32 Å². The van der Waals surface area contributed by atoms with Gasteiger partial charge in [0.2, 0.25) is 0 Å². The predicted molar refractivity (Wildman–Crippen MR) is 31.0 cm³/mol. The molecule has 1 aliphatic heterocycles. The van der Waals surface area contributed by atoms with Crippen LogP contribution in [0.2, 0.25) is 0 Å². The second-order valence-electron chi connectivity index (χ2n) is 2.23. The monoisotopic (exact) mass is 147 g/mol. The summed E-state index contributed by atoms with van der Waals surface area (Å²) in [6.07, 6.45) is -2.57. The first-order chi connectivity index (χ1) is 4.66. The lowest BCUT2D eigenvalue weighted by Gasteiger charge is -2.10. The summed E-state index contributed by atoms with van der Waals surface area (Å²) in [5.74, 6) is -0.633. The van der Waals surface area contributed by atoms with Crippen LogP contribution in [-0.2, 0) is 4.79 Å². The van der Waals surface area contributed by atoms with Gasteiger partial charge < -0.3 is 20.6 Å². The molecule has 5 nitrogen and oxygen atoms in total. The van der Waals surface area contributed by atoms with E-state index < -0.39 is 24.2 Å². The van der Waals surface area contributed by atoms with E-state index in [1.54, 1.807) is 0 Å². The van der Waals surface area contributed by atoms with Crippen LogP contribution in [0.25, 0.3) is 0 Å². The third kappa shape index (κ3) is 0.985. The number of nitrogens with one attached hydrogen (secondary N) is 1. The van der Waals surface area contributed by atoms with Crippen molar-refractivity contribution in [3.05, 3.63) is 0 Å². The van der Waals surface area contributed by atoms with Gasteiger partial charge in [-0.3, -0.25) is 4.79 Å². The van der Waals surface area contributed by atoms with Crippen LogP contribution in [0.15, 0.2) is 0 Å². The Morgan fingerprint density at radius 2 is 2.10 bits per heavy atom. The lowest BCUT2D eigenvalue weighted by Crippen LogP contribution is -2.35. The molecular formula is C5H9NO4. The summed E-state index contributed by atoms with van der Waals surface area (Å²) >= 11 is 0. The highest BCUT2D eigenvalue weighted by Gasteiger charge is 2.39. The standard InChI is InChI=1S/C5H9NO4/c7-1-2-3(8)4(9)5(10)6-2/h2-4,7-9H,1H2,(H,6,10)/t2-,3-,4+/m1/s1. The van der Waals surface area contributed by atoms with E-state index in [1.807, 2.05) is 0 Å². The zero-order valence-electron chi connectivity index (χ0n) is 5.19. The molecule has 0 saturated carbocycles. The van der Waals surface area contributed by atoms with Crippen molar-refractivity contribution in [2.45, 2.75) is 18.2 Å². The number of hydrogen-bond donors (Lipinski definition) is 4. The van der Waals surface area contributed by atoms with E-state index in [0.717, 1.165) is 0 Å². The lowest BCUT2D eigenvalue weighted by molar-refractivity contribution is -0.128. The van der Waals surface area contributed by atoms with Crippen LogP contribution < -0.4 is 5.32 Å². The summed E-state index contributed by atoms with van der Waals surface area (Å²) in [5, 5.41) is 28.4. The van der Waals surface area contributed by atoms with Crippen LogP contribution in [-0.4, -0.2) is 46.1 Å². The molecule has 10 heavy (non-hydrogen) atoms. The van der Waals surface area contributed by atoms with Gasteiger partial charge in [-0.2, -0.15) is 0 Å². The Morgan fingerprint density at radius 1 is 1.50 bits per heavy atom. The first kappa shape index (κ1) is 7.46. The Hall–Kier alpha value is -0.650. The Kier molecular flexibility index (Phi) is 1.89. The van der Waals surface area contributed by atoms with Crippen molar-refractivity contribution in [1.82, 2.24) is 5.32 Å². The molecule has 0 unspecified atom stereocenters. The van der Waals surface area contributed by atoms with Crippen LogP contribution >= 0.6 is 0 Å². The summed E-state index contributed by atoms with van der Waals surface area (Å²) in [4.78, 5) is 10.5. The Labute approximate surface area is 57.3 Å². The van der Waals surface area contributed by atoms with Crippen molar-refractivity contribution in [3.8, 4) is 0 Å². The minimum absolute atomic E-state index is 0.357. The van der Waals surface area contributed by atoms with Crippen LogP contribution in [0.4, 0.5) is 0 Å². The first-order valence-corrected chi connectivity index (χ1v) is 2.94. The van der Waals surface area contributed by atoms with Gasteiger partial charge in [-0.15, -0.1) is 0 Å². The minimum Gasteiger partial charge on any atom is -0.394 e. The van der Waals surface area contributed by atoms with Crippen molar-refractivity contribution in [3.63, 3.8) is 0 Å². The molecule has 1 heterocycles. The Bertz CT molecular complexity index is 149. The van der Waals surface area contributed by atoms with Gasteiger partial charge in [0.15, 0.2) is 6.10 Å². The molecular weight excluding hydrogens is 138 g/mol. The molecule has 58 valence electrons. The number of carbonyl (C=O) groups is 1. The molecule has 0 bridgehead atoms. The molecule has 0 aliphatic carbocycles. The van der Waals surface area contributed by atoms with Gasteiger partial charge in [-0.05, 0) is 0 Å². The lowest BCUT2D eigenvalue weighted by atomic mass is 10.1. The van der Waals surface area contributed by atoms with E-state index in [0.29, 0.717) is 0 Å². The predicted octanol–water partition coefficient (Wildman–Crippen LogP) is -2.80. The minimum atomic E-state index is -1.39. The molecule has 0 aromatic carbocycles. The van der Waals surface area contributed by atoms with E-state index in [1.165, 1.54) is 0 Å². The number of amides is 1. The van der Waals surface area contributed by atoms with Gasteiger partial charge in [0.05, 0.1) is 12.6 Å². The van der Waals surface area contributed by atoms with Crippen molar-refractivity contribution in [2.75, 3.05) is 6.61 Å². The Morgan fingerprint density at radius 3 is 2.30 bits per heavy atom. The molecule has 1 saturated heterocycles. The van der Waals surface area contributed by atoms with Crippen LogP contribution in [0.3, 0.4) is 0 Å². The van der Waals surface area contributed by atoms with Gasteiger partial charge >= 0.3 is 0 Å². The molecule has 0 radical (unpaired) electrons. The zero-order chi connectivity index (χ0) is 7.72. The van der Waals surface area contributed by atoms with Crippen LogP contribution in [0.5, 0.6) is 0 Å². The van der Waals surface area contributed by atoms with E-state index >= 15 is 0 Å². The number of aliphatic hydroxyl groups excluding tert-OH is 3. The second-order valence-corrected chi connectivity index (χ2v) is 2.23. The zero-order valence-corrected chi connectivity index (χ0v) is 5.19. The fraction of sp³-hybridized carbons (Fsp3) is 0.800. The van der Waals surface area contributed by atoms with Crippen LogP contribution in [0, 0.1) is 0 Å². The second kappa shape index (κ2) is 2.53. The fourth-order valence-corrected chi connectivity index (χ4v) is 0.882. The third-order valence-corrected chi connectivity index (χ3v) is 1.53. The topological polar surface area (TPSA) is 89.8 Å². The van der Waals surface area contributed by atoms with Gasteiger partial charge in [0, 0.05) is 0 Å². The third-order valence-electron chi connectivity index (χ3n) is 1.53. The molecule has 0 aromatic heterocycles. The van der Waals surface area contributed by atoms with Crippen molar-refractivity contribution in [1.29, 1.82) is 0 Å². The quantitative estimate of drug-likeness (QED) is 0.322. The number of rotatable bonds is 1. The van der Waals surface area contributed by atoms with Crippen LogP contribution in [0.1, 0.15) is 0 Å². The maximum absolute atomic E-state index is 10.5. The molecule has 1 fully saturated rings. The molecule has 1 aliphatic rings. The summed E-state index contributed by atoms with van der Waals surface area (Å²) < 4.78 is 0. The fourth-order valence-electron chi connectivity index (χ4n) is 0.882. The maximum Gasteiger partial charge on any atom is 0.252 e. The summed E-state index contributed by atoms with van der Waals surface area (Å²) in [6, 6.07) is -0.720. The highest BCUT2D eigenvalue weighted by molar-refractivity contribution is 5.84. The van der Waals surface area contributed by atoms with Crippen molar-refractivity contribution < 1.29 is 20.1 Å².